The van der Waals surface area contributed by atoms with E-state index in [0.717, 1.165) is 25.7 Å². The summed E-state index contributed by atoms with van der Waals surface area (Å²) in [6, 6.07) is 15.5. The third-order valence-electron chi connectivity index (χ3n) is 5.49. The Morgan fingerprint density at radius 3 is 1.68 bits per heavy atom. The molecular formula is C28H42FeO2-6. The Morgan fingerprint density at radius 2 is 1.16 bits per heavy atom. The van der Waals surface area contributed by atoms with Crippen LogP contribution in [-0.2, 0) is 17.1 Å². The summed E-state index contributed by atoms with van der Waals surface area (Å²) in [6.45, 7) is 4.42. The third kappa shape index (κ3) is 14.3. The fourth-order valence-electron chi connectivity index (χ4n) is 3.63. The first kappa shape index (κ1) is 29.6. The predicted octanol–water partition coefficient (Wildman–Crippen LogP) is 8.68. The van der Waals surface area contributed by atoms with E-state index in [9.17, 15) is 9.59 Å². The van der Waals surface area contributed by atoms with Gasteiger partial charge < -0.3 is 39.9 Å². The molecule has 0 aliphatic heterocycles. The van der Waals surface area contributed by atoms with Crippen LogP contribution < -0.4 is 0 Å². The molecule has 0 N–H and O–H groups in total. The van der Waals surface area contributed by atoms with Crippen molar-refractivity contribution in [3.63, 3.8) is 0 Å². The Bertz CT molecular complexity index is 595. The van der Waals surface area contributed by atoms with Crippen molar-refractivity contribution in [2.24, 2.45) is 0 Å². The van der Waals surface area contributed by atoms with Crippen LogP contribution >= 0.6 is 0 Å². The first-order valence-corrected chi connectivity index (χ1v) is 12.2. The Labute approximate surface area is 201 Å². The molecule has 0 saturated heterocycles. The Hall–Kier alpha value is -1.44. The van der Waals surface area contributed by atoms with Crippen molar-refractivity contribution in [2.75, 3.05) is 0 Å². The van der Waals surface area contributed by atoms with Crippen LogP contribution in [0.2, 0.25) is 0 Å². The minimum atomic E-state index is 0. The zero-order chi connectivity index (χ0) is 21.9. The number of carbonyl (C=O) groups excluding carboxylic acids is 2. The molecule has 2 aromatic carbocycles. The number of Topliss-reactive ketones (excluding diaryl/α,β-unsaturated/α-hetero) is 2. The van der Waals surface area contributed by atoms with E-state index < -0.39 is 0 Å². The summed E-state index contributed by atoms with van der Waals surface area (Å²) >= 11 is 0. The van der Waals surface area contributed by atoms with Crippen LogP contribution in [0.25, 0.3) is 0 Å². The van der Waals surface area contributed by atoms with Crippen LogP contribution in [0.4, 0.5) is 0 Å². The van der Waals surface area contributed by atoms with Gasteiger partial charge in [-0.25, -0.2) is 0 Å². The Kier molecular flexibility index (Phi) is 19.5. The van der Waals surface area contributed by atoms with Crippen LogP contribution in [0.1, 0.15) is 124 Å². The number of ketones is 2. The normalized spacial score (nSPS) is 10.1. The zero-order valence-electron chi connectivity index (χ0n) is 19.7. The summed E-state index contributed by atoms with van der Waals surface area (Å²) in [5.74, 6) is 0.290. The largest absolute Gasteiger partial charge is 0.748 e. The smallest absolute Gasteiger partial charge is 0.122 e. The molecule has 0 amide bonds. The van der Waals surface area contributed by atoms with Crippen LogP contribution in [0.5, 0.6) is 0 Å². The van der Waals surface area contributed by atoms with E-state index in [2.05, 4.69) is 13.8 Å². The minimum absolute atomic E-state index is 0. The Balaban J connectivity index is 0.00000131. The molecule has 0 saturated carbocycles. The fourth-order valence-corrected chi connectivity index (χ4v) is 3.63. The monoisotopic (exact) mass is 466 g/mol. The molecule has 0 unspecified atom stereocenters. The molecule has 180 valence electrons. The van der Waals surface area contributed by atoms with Gasteiger partial charge in [0.05, 0.1) is 5.78 Å². The van der Waals surface area contributed by atoms with Gasteiger partial charge in [0.25, 0.3) is 0 Å². The van der Waals surface area contributed by atoms with E-state index in [4.69, 9.17) is 0 Å². The van der Waals surface area contributed by atoms with Crippen molar-refractivity contribution in [3.8, 4) is 0 Å². The molecule has 3 heteroatoms. The van der Waals surface area contributed by atoms with Crippen LogP contribution in [0, 0.1) is 0 Å². The van der Waals surface area contributed by atoms with E-state index in [1.165, 1.54) is 51.4 Å². The summed E-state index contributed by atoms with van der Waals surface area (Å²) in [5, 5.41) is 0. The Morgan fingerprint density at radius 1 is 0.710 bits per heavy atom. The minimum Gasteiger partial charge on any atom is -0.748 e. The molecule has 2 nitrogen and oxygen atoms in total. The molecule has 2 aromatic rings. The molecule has 0 aliphatic carbocycles. The second-order valence-corrected chi connectivity index (χ2v) is 8.20. The van der Waals surface area contributed by atoms with Gasteiger partial charge in [-0.3, -0.25) is 0 Å². The summed E-state index contributed by atoms with van der Waals surface area (Å²) in [7, 11) is 0. The summed E-state index contributed by atoms with van der Waals surface area (Å²) in [4.78, 5) is 24.8. The molecule has 0 radical (unpaired) electrons. The number of carbonyl (C=O) groups is 2. The SMILES string of the molecule is CCCCCCCCC(=O)c1ccc[c-]1C(=O)CCCCCCCC.[Fe].[cH-]1[cH-][cH-][cH-][cH-]1. The van der Waals surface area contributed by atoms with Gasteiger partial charge in [0.2, 0.25) is 0 Å². The van der Waals surface area contributed by atoms with Crippen LogP contribution in [-0.4, -0.2) is 11.6 Å². The number of hydrogen-bond donors (Lipinski definition) is 0. The first-order valence-electron chi connectivity index (χ1n) is 12.2. The number of hydrogen-bond acceptors (Lipinski definition) is 2. The maximum Gasteiger partial charge on any atom is 0.122 e. The van der Waals surface area contributed by atoms with Gasteiger partial charge in [-0.1, -0.05) is 90.0 Å². The van der Waals surface area contributed by atoms with Crippen molar-refractivity contribution in [2.45, 2.75) is 104 Å². The topological polar surface area (TPSA) is 34.1 Å². The number of unbranched alkanes of at least 4 members (excludes halogenated alkanes) is 10. The second kappa shape index (κ2) is 20.5. The van der Waals surface area contributed by atoms with E-state index in [0.29, 0.717) is 24.0 Å². The maximum atomic E-state index is 12.4. The van der Waals surface area contributed by atoms with Gasteiger partial charge in [0.15, 0.2) is 0 Å². The third-order valence-corrected chi connectivity index (χ3v) is 5.49. The van der Waals surface area contributed by atoms with Gasteiger partial charge in [0.1, 0.15) is 5.78 Å². The van der Waals surface area contributed by atoms with Gasteiger partial charge in [-0.2, -0.15) is 12.1 Å². The van der Waals surface area contributed by atoms with Crippen molar-refractivity contribution >= 4 is 11.6 Å². The average molecular weight is 466 g/mol. The van der Waals surface area contributed by atoms with E-state index >= 15 is 0 Å². The van der Waals surface area contributed by atoms with E-state index in [1.54, 1.807) is 0 Å². The fraction of sp³-hybridized carbons (Fsp3) is 0.571. The maximum absolute atomic E-state index is 12.4. The zero-order valence-corrected chi connectivity index (χ0v) is 20.8. The van der Waals surface area contributed by atoms with Gasteiger partial charge in [-0.05, 0) is 12.8 Å². The molecule has 2 rings (SSSR count). The summed E-state index contributed by atoms with van der Waals surface area (Å²) < 4.78 is 0. The summed E-state index contributed by atoms with van der Waals surface area (Å²) in [6.07, 6.45) is 15.3. The number of rotatable bonds is 16. The molecule has 0 heterocycles. The van der Waals surface area contributed by atoms with Crippen LogP contribution in [0.3, 0.4) is 0 Å². The molecule has 0 atom stereocenters. The standard InChI is InChI=1S/C23H37O2.C5H5.Fe/c1-3-5-7-9-11-13-18-22(24)20-16-15-17-21(20)23(25)19-14-12-10-8-6-4-2;1-2-4-5-3-1;/h15-17H,3-14,18-19H2,1-2H3;1-5H;/q-1;-5;. The van der Waals surface area contributed by atoms with Gasteiger partial charge in [-0.15, -0.1) is 11.6 Å². The van der Waals surface area contributed by atoms with E-state index in [1.807, 2.05) is 48.5 Å². The van der Waals surface area contributed by atoms with Crippen LogP contribution in [0.15, 0.2) is 48.5 Å². The second-order valence-electron chi connectivity index (χ2n) is 8.20. The van der Waals surface area contributed by atoms with Crippen molar-refractivity contribution in [1.82, 2.24) is 0 Å². The molecule has 0 aromatic heterocycles. The predicted molar refractivity (Wildman–Crippen MR) is 129 cm³/mol. The van der Waals surface area contributed by atoms with Gasteiger partial charge >= 0.3 is 0 Å². The molecule has 31 heavy (non-hydrogen) atoms. The molecule has 0 spiro atoms. The van der Waals surface area contributed by atoms with Crippen molar-refractivity contribution < 1.29 is 26.7 Å². The quantitative estimate of drug-likeness (QED) is 0.107. The van der Waals surface area contributed by atoms with Crippen molar-refractivity contribution in [1.29, 1.82) is 0 Å². The first-order chi connectivity index (χ1) is 14.7. The van der Waals surface area contributed by atoms with E-state index in [-0.39, 0.29) is 28.6 Å². The average Bonchev–Trinajstić information content (AvgIpc) is 3.47. The summed E-state index contributed by atoms with van der Waals surface area (Å²) in [5.41, 5.74) is 1.31. The molecular weight excluding hydrogens is 424 g/mol. The van der Waals surface area contributed by atoms with Crippen molar-refractivity contribution in [3.05, 3.63) is 59.7 Å². The molecule has 0 aliphatic rings. The van der Waals surface area contributed by atoms with Gasteiger partial charge in [0, 0.05) is 23.5 Å². The molecule has 0 bridgehead atoms. The molecule has 0 fully saturated rings.